The third kappa shape index (κ3) is 2.82. The van der Waals surface area contributed by atoms with Gasteiger partial charge in [0.15, 0.2) is 0 Å². The van der Waals surface area contributed by atoms with Crippen LogP contribution < -0.4 is 9.47 Å². The quantitative estimate of drug-likeness (QED) is 0.646. The number of nitriles is 1. The highest BCUT2D eigenvalue weighted by Gasteiger charge is 2.25. The standard InChI is InChI=1S/C17H14BrNO2S2/c1-20-15-10-5-3-4-6-11(10)16(21-2)14(18)13(15)12(9-19)17-22-7-8-23-17/h3-6H,7-8H2,1-2H3. The average molecular weight is 408 g/mol. The van der Waals surface area contributed by atoms with Crippen molar-refractivity contribution < 1.29 is 9.47 Å². The Morgan fingerprint density at radius 2 is 1.65 bits per heavy atom. The summed E-state index contributed by atoms with van der Waals surface area (Å²) in [5.74, 6) is 3.47. The lowest BCUT2D eigenvalue weighted by Crippen LogP contribution is -1.98. The Hall–Kier alpha value is -1.29. The minimum Gasteiger partial charge on any atom is -0.495 e. The van der Waals surface area contributed by atoms with Gasteiger partial charge in [-0.25, -0.2) is 0 Å². The van der Waals surface area contributed by atoms with Crippen molar-refractivity contribution in [3.05, 3.63) is 38.5 Å². The second-order valence-electron chi connectivity index (χ2n) is 4.77. The van der Waals surface area contributed by atoms with Crippen LogP contribution in [0.25, 0.3) is 16.3 Å². The van der Waals surface area contributed by atoms with Gasteiger partial charge in [0.2, 0.25) is 0 Å². The molecule has 1 aliphatic heterocycles. The van der Waals surface area contributed by atoms with Gasteiger partial charge in [-0.05, 0) is 15.9 Å². The summed E-state index contributed by atoms with van der Waals surface area (Å²) < 4.78 is 13.1. The van der Waals surface area contributed by atoms with Gasteiger partial charge in [0, 0.05) is 22.3 Å². The van der Waals surface area contributed by atoms with E-state index in [9.17, 15) is 5.26 Å². The third-order valence-electron chi connectivity index (χ3n) is 3.59. The van der Waals surface area contributed by atoms with Gasteiger partial charge in [-0.15, -0.1) is 23.5 Å². The molecule has 1 heterocycles. The minimum absolute atomic E-state index is 0.644. The molecule has 0 amide bonds. The number of nitrogens with zero attached hydrogens (tertiary/aromatic N) is 1. The van der Waals surface area contributed by atoms with Crippen molar-refractivity contribution in [2.24, 2.45) is 0 Å². The van der Waals surface area contributed by atoms with E-state index < -0.39 is 0 Å². The van der Waals surface area contributed by atoms with Crippen molar-refractivity contribution in [2.75, 3.05) is 25.7 Å². The lowest BCUT2D eigenvalue weighted by molar-refractivity contribution is 0.407. The van der Waals surface area contributed by atoms with Crippen LogP contribution in [0.1, 0.15) is 5.56 Å². The van der Waals surface area contributed by atoms with Gasteiger partial charge in [0.1, 0.15) is 17.6 Å². The SMILES string of the molecule is COc1c(Br)c(C(C#N)=C2SCCS2)c(OC)c2ccccc12. The van der Waals surface area contributed by atoms with Crippen molar-refractivity contribution in [3.8, 4) is 17.6 Å². The van der Waals surface area contributed by atoms with Crippen LogP contribution in [0.3, 0.4) is 0 Å². The number of ether oxygens (including phenoxy) is 2. The second kappa shape index (κ2) is 7.08. The van der Waals surface area contributed by atoms with E-state index in [0.717, 1.165) is 42.3 Å². The van der Waals surface area contributed by atoms with Crippen molar-refractivity contribution in [1.29, 1.82) is 5.26 Å². The minimum atomic E-state index is 0.644. The van der Waals surface area contributed by atoms with E-state index in [1.807, 2.05) is 24.3 Å². The highest BCUT2D eigenvalue weighted by atomic mass is 79.9. The van der Waals surface area contributed by atoms with Crippen molar-refractivity contribution in [3.63, 3.8) is 0 Å². The van der Waals surface area contributed by atoms with Crippen LogP contribution in [0.5, 0.6) is 11.5 Å². The van der Waals surface area contributed by atoms with E-state index >= 15 is 0 Å². The van der Waals surface area contributed by atoms with Crippen LogP contribution in [0.4, 0.5) is 0 Å². The molecule has 3 rings (SSSR count). The molecule has 0 saturated carbocycles. The number of hydrogen-bond donors (Lipinski definition) is 0. The largest absolute Gasteiger partial charge is 0.495 e. The number of fused-ring (bicyclic) bond motifs is 1. The molecule has 0 aliphatic carbocycles. The van der Waals surface area contributed by atoms with Crippen LogP contribution in [0.15, 0.2) is 33.0 Å². The lowest BCUT2D eigenvalue weighted by atomic mass is 10.00. The summed E-state index contributed by atoms with van der Waals surface area (Å²) in [6.45, 7) is 0. The van der Waals surface area contributed by atoms with Crippen LogP contribution in [-0.4, -0.2) is 25.7 Å². The first-order valence-corrected chi connectivity index (χ1v) is 9.71. The van der Waals surface area contributed by atoms with Crippen LogP contribution in [0.2, 0.25) is 0 Å². The maximum absolute atomic E-state index is 9.77. The van der Waals surface area contributed by atoms with Crippen molar-refractivity contribution in [2.45, 2.75) is 0 Å². The molecule has 1 saturated heterocycles. The van der Waals surface area contributed by atoms with Crippen LogP contribution in [-0.2, 0) is 0 Å². The number of methoxy groups -OCH3 is 2. The zero-order chi connectivity index (χ0) is 16.4. The fourth-order valence-corrected chi connectivity index (χ4v) is 5.85. The molecule has 0 atom stereocenters. The van der Waals surface area contributed by atoms with Crippen molar-refractivity contribution >= 4 is 55.8 Å². The molecule has 118 valence electrons. The number of halogens is 1. The molecule has 0 bridgehead atoms. The monoisotopic (exact) mass is 407 g/mol. The van der Waals surface area contributed by atoms with Gasteiger partial charge in [0.25, 0.3) is 0 Å². The number of rotatable bonds is 3. The normalized spacial score (nSPS) is 13.9. The Kier molecular flexibility index (Phi) is 5.10. The van der Waals surface area contributed by atoms with E-state index in [1.165, 1.54) is 0 Å². The fourth-order valence-electron chi connectivity index (χ4n) is 2.64. The van der Waals surface area contributed by atoms with Gasteiger partial charge in [-0.1, -0.05) is 24.3 Å². The smallest absolute Gasteiger partial charge is 0.141 e. The highest BCUT2D eigenvalue weighted by Crippen LogP contribution is 2.50. The molecule has 6 heteroatoms. The van der Waals surface area contributed by atoms with Gasteiger partial charge in [0.05, 0.1) is 34.1 Å². The maximum atomic E-state index is 9.77. The first-order valence-electron chi connectivity index (χ1n) is 6.95. The molecule has 0 spiro atoms. The van der Waals surface area contributed by atoms with E-state index in [4.69, 9.17) is 9.47 Å². The summed E-state index contributed by atoms with van der Waals surface area (Å²) in [5, 5.41) is 11.7. The first kappa shape index (κ1) is 16.6. The summed E-state index contributed by atoms with van der Waals surface area (Å²) in [5.41, 5.74) is 1.41. The summed E-state index contributed by atoms with van der Waals surface area (Å²) in [7, 11) is 3.28. The number of allylic oxidation sites excluding steroid dienone is 1. The molecule has 1 aliphatic rings. The van der Waals surface area contributed by atoms with Crippen LogP contribution in [0, 0.1) is 11.3 Å². The molecule has 3 nitrogen and oxygen atoms in total. The molecular formula is C17H14BrNO2S2. The number of thioether (sulfide) groups is 2. The molecule has 0 aromatic heterocycles. The van der Waals surface area contributed by atoms with Crippen molar-refractivity contribution in [1.82, 2.24) is 0 Å². The summed E-state index contributed by atoms with van der Waals surface area (Å²) in [6, 6.07) is 10.3. The Balaban J connectivity index is 2.43. The molecule has 0 unspecified atom stereocenters. The van der Waals surface area contributed by atoms with Gasteiger partial charge in [-0.2, -0.15) is 5.26 Å². The summed E-state index contributed by atoms with van der Waals surface area (Å²) in [6.07, 6.45) is 0. The third-order valence-corrected chi connectivity index (χ3v) is 7.06. The zero-order valence-corrected chi connectivity index (χ0v) is 15.9. The summed E-state index contributed by atoms with van der Waals surface area (Å²) >= 11 is 7.07. The number of hydrogen-bond acceptors (Lipinski definition) is 5. The lowest BCUT2D eigenvalue weighted by Gasteiger charge is -2.18. The van der Waals surface area contributed by atoms with E-state index in [2.05, 4.69) is 22.0 Å². The van der Waals surface area contributed by atoms with E-state index in [-0.39, 0.29) is 0 Å². The Morgan fingerprint density at radius 1 is 1.09 bits per heavy atom. The average Bonchev–Trinajstić information content (AvgIpc) is 3.10. The maximum Gasteiger partial charge on any atom is 0.141 e. The number of benzene rings is 2. The van der Waals surface area contributed by atoms with Crippen LogP contribution >= 0.6 is 39.5 Å². The molecule has 0 radical (unpaired) electrons. The van der Waals surface area contributed by atoms with Gasteiger partial charge >= 0.3 is 0 Å². The molecule has 0 N–H and O–H groups in total. The zero-order valence-electron chi connectivity index (χ0n) is 12.7. The Labute approximate surface area is 152 Å². The molecule has 1 fully saturated rings. The molecular weight excluding hydrogens is 394 g/mol. The van der Waals surface area contributed by atoms with Gasteiger partial charge in [-0.3, -0.25) is 0 Å². The highest BCUT2D eigenvalue weighted by molar-refractivity contribution is 9.10. The molecule has 2 aromatic carbocycles. The fraction of sp³-hybridized carbons (Fsp3) is 0.235. The van der Waals surface area contributed by atoms with E-state index in [0.29, 0.717) is 11.3 Å². The molecule has 2 aromatic rings. The topological polar surface area (TPSA) is 42.2 Å². The molecule has 23 heavy (non-hydrogen) atoms. The van der Waals surface area contributed by atoms with E-state index in [1.54, 1.807) is 37.7 Å². The Bertz CT molecular complexity index is 835. The predicted molar refractivity (Wildman–Crippen MR) is 102 cm³/mol. The van der Waals surface area contributed by atoms with Gasteiger partial charge < -0.3 is 9.47 Å². The Morgan fingerprint density at radius 3 is 2.17 bits per heavy atom. The summed E-state index contributed by atoms with van der Waals surface area (Å²) in [4.78, 5) is 0. The predicted octanol–water partition coefficient (Wildman–Crippen LogP) is 5.29. The second-order valence-corrected chi connectivity index (χ2v) is 8.03. The first-order chi connectivity index (χ1) is 11.2.